The van der Waals surface area contributed by atoms with E-state index in [0.717, 1.165) is 17.2 Å². The molecular formula is C13H16Cl2N2OS. The summed E-state index contributed by atoms with van der Waals surface area (Å²) in [4.78, 5) is 14.1. The van der Waals surface area contributed by atoms with Crippen molar-refractivity contribution in [2.75, 3.05) is 18.7 Å². The van der Waals surface area contributed by atoms with Gasteiger partial charge < -0.3 is 4.90 Å². The Morgan fingerprint density at radius 3 is 2.84 bits per heavy atom. The summed E-state index contributed by atoms with van der Waals surface area (Å²) in [7, 11) is 1.81. The Kier molecular flexibility index (Phi) is 5.01. The minimum atomic E-state index is -0.0940. The van der Waals surface area contributed by atoms with Crippen LogP contribution in [-0.4, -0.2) is 35.5 Å². The Morgan fingerprint density at radius 1 is 1.53 bits per heavy atom. The van der Waals surface area contributed by atoms with E-state index in [9.17, 15) is 4.79 Å². The number of carbonyl (C=O) groups excluding carboxylic acids is 1. The summed E-state index contributed by atoms with van der Waals surface area (Å²) in [5.41, 5.74) is 0.910. The third kappa shape index (κ3) is 3.37. The molecule has 0 saturated carbocycles. The first kappa shape index (κ1) is 15.0. The molecule has 1 aliphatic rings. The van der Waals surface area contributed by atoms with Crippen LogP contribution in [0.5, 0.6) is 0 Å². The largest absolute Gasteiger partial charge is 0.338 e. The lowest BCUT2D eigenvalue weighted by atomic mass is 10.1. The van der Waals surface area contributed by atoms with E-state index < -0.39 is 0 Å². The third-order valence-corrected chi connectivity index (χ3v) is 4.86. The maximum atomic E-state index is 12.3. The van der Waals surface area contributed by atoms with E-state index >= 15 is 0 Å². The number of likely N-dealkylation sites (N-methyl/N-ethyl adjacent to an activating group) is 1. The summed E-state index contributed by atoms with van der Waals surface area (Å²) in [6, 6.07) is 5.20. The van der Waals surface area contributed by atoms with Crippen LogP contribution < -0.4 is 5.32 Å². The number of thioether (sulfide) groups is 1. The number of halogens is 2. The second-order valence-electron chi connectivity index (χ2n) is 4.56. The number of carbonyl (C=O) groups is 1. The predicted molar refractivity (Wildman–Crippen MR) is 81.9 cm³/mol. The van der Waals surface area contributed by atoms with Crippen molar-refractivity contribution in [1.29, 1.82) is 0 Å². The highest BCUT2D eigenvalue weighted by atomic mass is 35.5. The van der Waals surface area contributed by atoms with E-state index in [1.54, 1.807) is 28.8 Å². The molecule has 1 aliphatic heterocycles. The molecule has 1 aromatic carbocycles. The van der Waals surface area contributed by atoms with Crippen molar-refractivity contribution in [2.24, 2.45) is 0 Å². The van der Waals surface area contributed by atoms with Crippen LogP contribution in [0.2, 0.25) is 10.0 Å². The fraction of sp³-hybridized carbons (Fsp3) is 0.462. The molecule has 0 spiro atoms. The summed E-state index contributed by atoms with van der Waals surface area (Å²) < 4.78 is 0. The first-order chi connectivity index (χ1) is 9.00. The summed E-state index contributed by atoms with van der Waals surface area (Å²) in [5, 5.41) is 4.38. The van der Waals surface area contributed by atoms with E-state index in [1.165, 1.54) is 0 Å². The molecule has 6 heteroatoms. The number of hydrogen-bond acceptors (Lipinski definition) is 3. The van der Waals surface area contributed by atoms with Crippen LogP contribution in [0.1, 0.15) is 18.5 Å². The highest BCUT2D eigenvalue weighted by Gasteiger charge is 2.28. The molecule has 3 nitrogen and oxygen atoms in total. The maximum Gasteiger partial charge on any atom is 0.240 e. The van der Waals surface area contributed by atoms with Gasteiger partial charge in [0.1, 0.15) is 0 Å². The topological polar surface area (TPSA) is 32.3 Å². The summed E-state index contributed by atoms with van der Waals surface area (Å²) in [5.74, 6) is 1.76. The molecule has 1 N–H and O–H groups in total. The lowest BCUT2D eigenvalue weighted by Crippen LogP contribution is -2.44. The van der Waals surface area contributed by atoms with Gasteiger partial charge in [-0.15, -0.1) is 11.8 Å². The van der Waals surface area contributed by atoms with Gasteiger partial charge in [-0.3, -0.25) is 10.1 Å². The fourth-order valence-corrected chi connectivity index (χ4v) is 3.54. The van der Waals surface area contributed by atoms with Gasteiger partial charge in [0.25, 0.3) is 0 Å². The zero-order chi connectivity index (χ0) is 14.0. The zero-order valence-electron chi connectivity index (χ0n) is 10.8. The summed E-state index contributed by atoms with van der Waals surface area (Å²) in [6.45, 7) is 1.97. The molecule has 104 valence electrons. The predicted octanol–water partition coefficient (Wildman–Crippen LogP) is 3.18. The normalized spacial score (nSPS) is 20.3. The van der Waals surface area contributed by atoms with Crippen LogP contribution in [0.4, 0.5) is 0 Å². The standard InChI is InChI=1S/C13H16Cl2N2OS/c1-8(10-4-3-9(14)5-11(10)15)17(2)13(18)12-6-19-7-16-12/h3-5,8,12,16H,6-7H2,1-2H3. The minimum absolute atomic E-state index is 0.0790. The number of amides is 1. The van der Waals surface area contributed by atoms with Gasteiger partial charge in [-0.05, 0) is 24.6 Å². The first-order valence-electron chi connectivity index (χ1n) is 6.03. The SMILES string of the molecule is CC(c1ccc(Cl)cc1Cl)N(C)C(=O)C1CSCN1. The van der Waals surface area contributed by atoms with E-state index in [2.05, 4.69) is 5.32 Å². The summed E-state index contributed by atoms with van der Waals surface area (Å²) >= 11 is 13.8. The van der Waals surface area contributed by atoms with Gasteiger partial charge in [-0.2, -0.15) is 0 Å². The van der Waals surface area contributed by atoms with Crippen LogP contribution in [0, 0.1) is 0 Å². The van der Waals surface area contributed by atoms with E-state index in [-0.39, 0.29) is 18.0 Å². The molecule has 0 radical (unpaired) electrons. The van der Waals surface area contributed by atoms with Crippen LogP contribution >= 0.6 is 35.0 Å². The Morgan fingerprint density at radius 2 is 2.26 bits per heavy atom. The zero-order valence-corrected chi connectivity index (χ0v) is 13.1. The number of nitrogens with one attached hydrogen (secondary N) is 1. The second kappa shape index (κ2) is 6.35. The molecule has 0 aromatic heterocycles. The van der Waals surface area contributed by atoms with Crippen LogP contribution in [0.15, 0.2) is 18.2 Å². The molecule has 2 atom stereocenters. The molecule has 2 rings (SSSR count). The Bertz CT molecular complexity index is 478. The van der Waals surface area contributed by atoms with Crippen molar-refractivity contribution in [3.05, 3.63) is 33.8 Å². The lowest BCUT2D eigenvalue weighted by molar-refractivity contribution is -0.133. The van der Waals surface area contributed by atoms with Crippen LogP contribution in [-0.2, 0) is 4.79 Å². The van der Waals surface area contributed by atoms with Gasteiger partial charge in [0, 0.05) is 28.7 Å². The van der Waals surface area contributed by atoms with Crippen molar-refractivity contribution in [1.82, 2.24) is 10.2 Å². The number of rotatable bonds is 3. The molecule has 1 amide bonds. The third-order valence-electron chi connectivity index (χ3n) is 3.36. The molecule has 1 heterocycles. The molecule has 0 bridgehead atoms. The average molecular weight is 319 g/mol. The number of nitrogens with zero attached hydrogens (tertiary/aromatic N) is 1. The highest BCUT2D eigenvalue weighted by Crippen LogP contribution is 2.29. The smallest absolute Gasteiger partial charge is 0.240 e. The second-order valence-corrected chi connectivity index (χ2v) is 6.44. The van der Waals surface area contributed by atoms with Gasteiger partial charge in [-0.1, -0.05) is 29.3 Å². The Labute approximate surface area is 127 Å². The van der Waals surface area contributed by atoms with Gasteiger partial charge in [-0.25, -0.2) is 0 Å². The quantitative estimate of drug-likeness (QED) is 0.929. The average Bonchev–Trinajstić information content (AvgIpc) is 2.90. The van der Waals surface area contributed by atoms with E-state index in [4.69, 9.17) is 23.2 Å². The maximum absolute atomic E-state index is 12.3. The molecule has 1 aromatic rings. The number of hydrogen-bond donors (Lipinski definition) is 1. The molecule has 19 heavy (non-hydrogen) atoms. The molecule has 1 fully saturated rings. The molecule has 2 unspecified atom stereocenters. The molecule has 1 saturated heterocycles. The monoisotopic (exact) mass is 318 g/mol. The van der Waals surface area contributed by atoms with Crippen molar-refractivity contribution in [3.63, 3.8) is 0 Å². The Balaban J connectivity index is 2.13. The molecular weight excluding hydrogens is 303 g/mol. The van der Waals surface area contributed by atoms with Crippen molar-refractivity contribution >= 4 is 40.9 Å². The van der Waals surface area contributed by atoms with Gasteiger partial charge in [0.05, 0.1) is 12.1 Å². The highest BCUT2D eigenvalue weighted by molar-refractivity contribution is 7.99. The number of benzene rings is 1. The minimum Gasteiger partial charge on any atom is -0.338 e. The van der Waals surface area contributed by atoms with Crippen molar-refractivity contribution in [2.45, 2.75) is 19.0 Å². The van der Waals surface area contributed by atoms with E-state index in [0.29, 0.717) is 10.0 Å². The van der Waals surface area contributed by atoms with Gasteiger partial charge >= 0.3 is 0 Å². The van der Waals surface area contributed by atoms with E-state index in [1.807, 2.05) is 20.0 Å². The molecule has 0 aliphatic carbocycles. The fourth-order valence-electron chi connectivity index (χ4n) is 2.04. The Hall–Kier alpha value is -0.420. The van der Waals surface area contributed by atoms with Crippen molar-refractivity contribution < 1.29 is 4.79 Å². The van der Waals surface area contributed by atoms with Crippen molar-refractivity contribution in [3.8, 4) is 0 Å². The summed E-state index contributed by atoms with van der Waals surface area (Å²) in [6.07, 6.45) is 0. The van der Waals surface area contributed by atoms with Gasteiger partial charge in [0.15, 0.2) is 0 Å². The van der Waals surface area contributed by atoms with Crippen LogP contribution in [0.3, 0.4) is 0 Å². The first-order valence-corrected chi connectivity index (χ1v) is 7.94. The van der Waals surface area contributed by atoms with Gasteiger partial charge in [0.2, 0.25) is 5.91 Å². The van der Waals surface area contributed by atoms with Crippen LogP contribution in [0.25, 0.3) is 0 Å². The lowest BCUT2D eigenvalue weighted by Gasteiger charge is -2.28.